The molecule has 2 heterocycles. The number of nitrogens with zero attached hydrogens (tertiary/aromatic N) is 3. The van der Waals surface area contributed by atoms with Crippen molar-refractivity contribution < 1.29 is 14.3 Å². The molecule has 26 heavy (non-hydrogen) atoms. The van der Waals surface area contributed by atoms with E-state index in [1.807, 2.05) is 30.3 Å². The van der Waals surface area contributed by atoms with Crippen LogP contribution < -0.4 is 9.64 Å². The van der Waals surface area contributed by atoms with Crippen molar-refractivity contribution >= 4 is 28.3 Å². The van der Waals surface area contributed by atoms with Crippen LogP contribution in [0.5, 0.6) is 11.6 Å². The number of likely N-dealkylation sites (N-methyl/N-ethyl adjacent to an activating group) is 1. The van der Waals surface area contributed by atoms with Gasteiger partial charge in [-0.15, -0.1) is 0 Å². The normalized spacial score (nSPS) is 12.8. The molecule has 0 radical (unpaired) electrons. The van der Waals surface area contributed by atoms with E-state index in [2.05, 4.69) is 4.98 Å². The number of carbonyl (C=O) groups is 2. The number of benzene rings is 2. The van der Waals surface area contributed by atoms with Crippen LogP contribution in [0.2, 0.25) is 0 Å². The standard InChI is InChI=1S/C20H17N3O3/c1-22(2)18(24)12-23-16-8-5-9-21-19(16)26-17-11-14-7-4-3-6-13(14)10-15(17)20(23)25/h3-11H,12H2,1-2H3. The van der Waals surface area contributed by atoms with E-state index in [1.54, 1.807) is 38.5 Å². The third-order valence-electron chi connectivity index (χ3n) is 4.36. The summed E-state index contributed by atoms with van der Waals surface area (Å²) in [5.74, 6) is 0.278. The lowest BCUT2D eigenvalue weighted by Gasteiger charge is -2.22. The summed E-state index contributed by atoms with van der Waals surface area (Å²) in [4.78, 5) is 32.7. The smallest absolute Gasteiger partial charge is 0.262 e. The fraction of sp³-hybridized carbons (Fsp3) is 0.150. The number of carbonyl (C=O) groups excluding carboxylic acids is 2. The summed E-state index contributed by atoms with van der Waals surface area (Å²) in [6, 6.07) is 14.8. The van der Waals surface area contributed by atoms with Crippen LogP contribution in [-0.2, 0) is 4.79 Å². The Kier molecular flexibility index (Phi) is 3.80. The second-order valence-corrected chi connectivity index (χ2v) is 6.30. The first-order valence-electron chi connectivity index (χ1n) is 8.22. The fourth-order valence-electron chi connectivity index (χ4n) is 2.93. The molecule has 0 bridgehead atoms. The van der Waals surface area contributed by atoms with Crippen molar-refractivity contribution in [1.82, 2.24) is 9.88 Å². The highest BCUT2D eigenvalue weighted by molar-refractivity contribution is 6.13. The minimum Gasteiger partial charge on any atom is -0.436 e. The van der Waals surface area contributed by atoms with Gasteiger partial charge >= 0.3 is 0 Å². The Morgan fingerprint density at radius 1 is 1.12 bits per heavy atom. The molecule has 0 atom stereocenters. The van der Waals surface area contributed by atoms with Crippen molar-refractivity contribution in [3.8, 4) is 11.6 Å². The summed E-state index contributed by atoms with van der Waals surface area (Å²) in [6.45, 7) is -0.0832. The van der Waals surface area contributed by atoms with Gasteiger partial charge in [0.15, 0.2) is 0 Å². The second-order valence-electron chi connectivity index (χ2n) is 6.30. The predicted octanol–water partition coefficient (Wildman–Crippen LogP) is 3.08. The molecule has 130 valence electrons. The van der Waals surface area contributed by atoms with E-state index >= 15 is 0 Å². The Morgan fingerprint density at radius 3 is 2.58 bits per heavy atom. The number of ether oxygens (including phenoxy) is 1. The highest BCUT2D eigenvalue weighted by atomic mass is 16.5. The van der Waals surface area contributed by atoms with E-state index in [9.17, 15) is 9.59 Å². The van der Waals surface area contributed by atoms with Gasteiger partial charge < -0.3 is 9.64 Å². The third kappa shape index (κ3) is 2.65. The number of anilines is 1. The van der Waals surface area contributed by atoms with E-state index in [0.29, 0.717) is 22.9 Å². The maximum atomic E-state index is 13.2. The molecular formula is C20H17N3O3. The molecule has 0 fully saturated rings. The zero-order valence-electron chi connectivity index (χ0n) is 14.5. The van der Waals surface area contributed by atoms with Crippen LogP contribution in [-0.4, -0.2) is 42.3 Å². The molecule has 0 aliphatic carbocycles. The molecule has 2 amide bonds. The van der Waals surface area contributed by atoms with Crippen molar-refractivity contribution in [2.45, 2.75) is 0 Å². The quantitative estimate of drug-likeness (QED) is 0.715. The van der Waals surface area contributed by atoms with E-state index < -0.39 is 0 Å². The Morgan fingerprint density at radius 2 is 1.85 bits per heavy atom. The first-order chi connectivity index (χ1) is 12.5. The van der Waals surface area contributed by atoms with Crippen LogP contribution in [0.3, 0.4) is 0 Å². The van der Waals surface area contributed by atoms with E-state index in [0.717, 1.165) is 10.8 Å². The largest absolute Gasteiger partial charge is 0.436 e. The van der Waals surface area contributed by atoms with Crippen LogP contribution in [0.15, 0.2) is 54.7 Å². The molecule has 0 saturated heterocycles. The second kappa shape index (κ2) is 6.15. The van der Waals surface area contributed by atoms with Crippen LogP contribution >= 0.6 is 0 Å². The zero-order valence-corrected chi connectivity index (χ0v) is 14.5. The number of pyridine rings is 1. The Bertz CT molecular complexity index is 1030. The van der Waals surface area contributed by atoms with Gasteiger partial charge in [-0.3, -0.25) is 14.5 Å². The maximum absolute atomic E-state index is 13.2. The highest BCUT2D eigenvalue weighted by Crippen LogP contribution is 2.38. The van der Waals surface area contributed by atoms with Crippen LogP contribution in [0.25, 0.3) is 10.8 Å². The molecule has 0 N–H and O–H groups in total. The molecule has 0 saturated carbocycles. The average Bonchev–Trinajstić information content (AvgIpc) is 2.75. The van der Waals surface area contributed by atoms with Gasteiger partial charge in [-0.1, -0.05) is 24.3 Å². The minimum absolute atomic E-state index is 0.0832. The van der Waals surface area contributed by atoms with Gasteiger partial charge in [0.25, 0.3) is 5.91 Å². The van der Waals surface area contributed by atoms with Crippen molar-refractivity contribution in [2.75, 3.05) is 25.5 Å². The minimum atomic E-state index is -0.285. The van der Waals surface area contributed by atoms with Gasteiger partial charge in [-0.2, -0.15) is 0 Å². The molecule has 6 nitrogen and oxygen atoms in total. The number of amides is 2. The first kappa shape index (κ1) is 16.1. The van der Waals surface area contributed by atoms with Gasteiger partial charge in [0.2, 0.25) is 11.8 Å². The van der Waals surface area contributed by atoms with Crippen molar-refractivity contribution in [1.29, 1.82) is 0 Å². The molecule has 0 spiro atoms. The third-order valence-corrected chi connectivity index (χ3v) is 4.36. The molecule has 3 aromatic rings. The summed E-state index contributed by atoms with van der Waals surface area (Å²) in [7, 11) is 3.32. The number of rotatable bonds is 2. The summed E-state index contributed by atoms with van der Waals surface area (Å²) < 4.78 is 5.95. The molecule has 6 heteroatoms. The summed E-state index contributed by atoms with van der Waals surface area (Å²) in [5, 5.41) is 1.90. The van der Waals surface area contributed by atoms with Gasteiger partial charge in [0.1, 0.15) is 18.0 Å². The molecule has 1 aromatic heterocycles. The summed E-state index contributed by atoms with van der Waals surface area (Å²) in [5.41, 5.74) is 0.890. The van der Waals surface area contributed by atoms with E-state index in [4.69, 9.17) is 4.74 Å². The summed E-state index contributed by atoms with van der Waals surface area (Å²) >= 11 is 0. The van der Waals surface area contributed by atoms with Crippen molar-refractivity contribution in [2.24, 2.45) is 0 Å². The first-order valence-corrected chi connectivity index (χ1v) is 8.22. The summed E-state index contributed by atoms with van der Waals surface area (Å²) in [6.07, 6.45) is 1.60. The van der Waals surface area contributed by atoms with Gasteiger partial charge in [0.05, 0.1) is 5.56 Å². The monoisotopic (exact) mass is 347 g/mol. The number of hydrogen-bond acceptors (Lipinski definition) is 4. The van der Waals surface area contributed by atoms with Gasteiger partial charge in [-0.25, -0.2) is 4.98 Å². The Labute approximate surface area is 150 Å². The zero-order chi connectivity index (χ0) is 18.3. The number of fused-ring (bicyclic) bond motifs is 3. The number of hydrogen-bond donors (Lipinski definition) is 0. The lowest BCUT2D eigenvalue weighted by atomic mass is 10.0. The Hall–Kier alpha value is -3.41. The van der Waals surface area contributed by atoms with Crippen molar-refractivity contribution in [3.63, 3.8) is 0 Å². The van der Waals surface area contributed by atoms with Crippen LogP contribution in [0.1, 0.15) is 10.4 Å². The molecule has 1 aliphatic heterocycles. The van der Waals surface area contributed by atoms with E-state index in [1.165, 1.54) is 9.80 Å². The van der Waals surface area contributed by atoms with Crippen LogP contribution in [0.4, 0.5) is 5.69 Å². The average molecular weight is 347 g/mol. The molecule has 1 aliphatic rings. The van der Waals surface area contributed by atoms with Crippen LogP contribution in [0, 0.1) is 0 Å². The predicted molar refractivity (Wildman–Crippen MR) is 98.6 cm³/mol. The lowest BCUT2D eigenvalue weighted by molar-refractivity contribution is -0.127. The number of aromatic nitrogens is 1. The van der Waals surface area contributed by atoms with Gasteiger partial charge in [0, 0.05) is 20.3 Å². The highest BCUT2D eigenvalue weighted by Gasteiger charge is 2.31. The van der Waals surface area contributed by atoms with Gasteiger partial charge in [-0.05, 0) is 35.0 Å². The van der Waals surface area contributed by atoms with Crippen molar-refractivity contribution in [3.05, 3.63) is 60.3 Å². The topological polar surface area (TPSA) is 62.7 Å². The molecule has 4 rings (SSSR count). The Balaban J connectivity index is 1.89. The molecule has 0 unspecified atom stereocenters. The maximum Gasteiger partial charge on any atom is 0.262 e. The fourth-order valence-corrected chi connectivity index (χ4v) is 2.93. The molecule has 2 aromatic carbocycles. The van der Waals surface area contributed by atoms with E-state index in [-0.39, 0.29) is 18.4 Å². The SMILES string of the molecule is CN(C)C(=O)CN1C(=O)c2cc3ccccc3cc2Oc2ncccc21. The lowest BCUT2D eigenvalue weighted by Crippen LogP contribution is -2.40. The molecular weight excluding hydrogens is 330 g/mol.